The molecule has 2 N–H and O–H groups in total. The third kappa shape index (κ3) is 5.46. The number of rotatable bonds is 7. The molecule has 0 aliphatic carbocycles. The Kier molecular flexibility index (Phi) is 7.67. The van der Waals surface area contributed by atoms with Crippen LogP contribution in [0, 0.1) is 13.8 Å². The van der Waals surface area contributed by atoms with Crippen LogP contribution in [0.1, 0.15) is 23.6 Å². The molecule has 144 valence electrons. The maximum Gasteiger partial charge on any atom is 0.277 e. The molecule has 0 unspecified atom stereocenters. The van der Waals surface area contributed by atoms with Gasteiger partial charge in [-0.05, 0) is 69.8 Å². The number of nitrogens with one attached hydrogen (secondary N) is 1. The van der Waals surface area contributed by atoms with E-state index in [1.54, 1.807) is 6.07 Å². The molecule has 2 aromatic carbocycles. The molecule has 2 rings (SSSR count). The van der Waals surface area contributed by atoms with Crippen LogP contribution in [0.5, 0.6) is 17.2 Å². The number of carbonyl (C=O) groups is 1. The van der Waals surface area contributed by atoms with E-state index in [1.807, 2.05) is 39.0 Å². The first kappa shape index (κ1) is 21.2. The number of aryl methyl sites for hydroxylation is 2. The Bertz CT molecular complexity index is 849. The van der Waals surface area contributed by atoms with Crippen molar-refractivity contribution in [2.75, 3.05) is 13.2 Å². The van der Waals surface area contributed by atoms with Gasteiger partial charge in [0, 0.05) is 10.0 Å². The van der Waals surface area contributed by atoms with Gasteiger partial charge in [-0.2, -0.15) is 5.10 Å². The van der Waals surface area contributed by atoms with Crippen LogP contribution < -0.4 is 14.9 Å². The number of ether oxygens (including phenoxy) is 2. The Balaban J connectivity index is 2.02. The Morgan fingerprint density at radius 3 is 2.52 bits per heavy atom. The second kappa shape index (κ2) is 9.75. The molecule has 0 spiro atoms. The molecule has 0 fully saturated rings. The van der Waals surface area contributed by atoms with E-state index in [9.17, 15) is 9.90 Å². The molecule has 0 saturated heterocycles. The van der Waals surface area contributed by atoms with Gasteiger partial charge >= 0.3 is 0 Å². The van der Waals surface area contributed by atoms with Gasteiger partial charge in [-0.25, -0.2) is 5.43 Å². The summed E-state index contributed by atoms with van der Waals surface area (Å²) in [6, 6.07) is 7.41. The summed E-state index contributed by atoms with van der Waals surface area (Å²) in [6.45, 7) is 5.93. The molecule has 0 saturated carbocycles. The lowest BCUT2D eigenvalue weighted by Crippen LogP contribution is -2.25. The van der Waals surface area contributed by atoms with E-state index in [-0.39, 0.29) is 18.3 Å². The number of hydrogen-bond acceptors (Lipinski definition) is 5. The van der Waals surface area contributed by atoms with Gasteiger partial charge in [0.15, 0.2) is 18.1 Å². The molecule has 0 radical (unpaired) electrons. The predicted octanol–water partition coefficient (Wildman–Crippen LogP) is 4.46. The highest BCUT2D eigenvalue weighted by Crippen LogP contribution is 2.41. The van der Waals surface area contributed by atoms with E-state index >= 15 is 0 Å². The minimum Gasteiger partial charge on any atom is -0.503 e. The summed E-state index contributed by atoms with van der Waals surface area (Å²) in [5.41, 5.74) is 4.97. The number of benzene rings is 2. The molecule has 0 aromatic heterocycles. The summed E-state index contributed by atoms with van der Waals surface area (Å²) < 4.78 is 12.0. The molecular weight excluding hydrogens is 480 g/mol. The number of halogens is 2. The van der Waals surface area contributed by atoms with Crippen LogP contribution in [-0.2, 0) is 4.79 Å². The monoisotopic (exact) mass is 498 g/mol. The van der Waals surface area contributed by atoms with E-state index in [1.165, 1.54) is 6.21 Å². The molecule has 0 aliphatic rings. The fourth-order valence-corrected chi connectivity index (χ4v) is 3.17. The lowest BCUT2D eigenvalue weighted by atomic mass is 10.1. The summed E-state index contributed by atoms with van der Waals surface area (Å²) in [5.74, 6) is 0.627. The number of amides is 1. The Labute approximate surface area is 174 Å². The van der Waals surface area contributed by atoms with Crippen molar-refractivity contribution < 1.29 is 19.4 Å². The summed E-state index contributed by atoms with van der Waals surface area (Å²) in [6.07, 6.45) is 1.45. The minimum absolute atomic E-state index is 0.00749. The van der Waals surface area contributed by atoms with Crippen LogP contribution in [0.4, 0.5) is 0 Å². The van der Waals surface area contributed by atoms with Gasteiger partial charge in [0.2, 0.25) is 0 Å². The number of hydrazone groups is 1. The van der Waals surface area contributed by atoms with Gasteiger partial charge in [-0.3, -0.25) is 4.79 Å². The number of phenols is 1. The topological polar surface area (TPSA) is 80.2 Å². The van der Waals surface area contributed by atoms with E-state index < -0.39 is 0 Å². The zero-order chi connectivity index (χ0) is 20.0. The van der Waals surface area contributed by atoms with Gasteiger partial charge in [0.25, 0.3) is 5.91 Å². The molecule has 27 heavy (non-hydrogen) atoms. The van der Waals surface area contributed by atoms with E-state index in [0.29, 0.717) is 32.6 Å². The molecule has 0 atom stereocenters. The van der Waals surface area contributed by atoms with Crippen molar-refractivity contribution >= 4 is 44.0 Å². The van der Waals surface area contributed by atoms with Crippen molar-refractivity contribution in [3.8, 4) is 17.2 Å². The van der Waals surface area contributed by atoms with Crippen molar-refractivity contribution in [3.63, 3.8) is 0 Å². The standard InChI is InChI=1S/C19H20Br2N2O4/c1-4-26-14-8-13(16(20)17(21)18(14)25)9-22-23-15(24)10-27-19-11(2)6-5-7-12(19)3/h5-9,25H,4,10H2,1-3H3,(H,23,24)/b22-9+. The number of hydrogen-bond donors (Lipinski definition) is 2. The zero-order valence-corrected chi connectivity index (χ0v) is 18.3. The smallest absolute Gasteiger partial charge is 0.277 e. The van der Waals surface area contributed by atoms with Crippen LogP contribution in [0.2, 0.25) is 0 Å². The number of carbonyl (C=O) groups excluding carboxylic acids is 1. The molecular formula is C19H20Br2N2O4. The third-order valence-corrected chi connectivity index (χ3v) is 5.78. The Morgan fingerprint density at radius 1 is 1.22 bits per heavy atom. The normalized spacial score (nSPS) is 10.9. The summed E-state index contributed by atoms with van der Waals surface area (Å²) >= 11 is 6.66. The third-order valence-electron chi connectivity index (χ3n) is 3.62. The van der Waals surface area contributed by atoms with E-state index in [4.69, 9.17) is 9.47 Å². The highest BCUT2D eigenvalue weighted by atomic mass is 79.9. The van der Waals surface area contributed by atoms with Gasteiger partial charge in [0.1, 0.15) is 5.75 Å². The van der Waals surface area contributed by atoms with Crippen molar-refractivity contribution in [1.82, 2.24) is 5.43 Å². The van der Waals surface area contributed by atoms with Crippen LogP contribution in [0.25, 0.3) is 0 Å². The summed E-state index contributed by atoms with van der Waals surface area (Å²) in [5, 5.41) is 14.0. The van der Waals surface area contributed by atoms with Crippen LogP contribution in [0.15, 0.2) is 38.3 Å². The fourth-order valence-electron chi connectivity index (χ4n) is 2.34. The quantitative estimate of drug-likeness (QED) is 0.435. The van der Waals surface area contributed by atoms with Gasteiger partial charge in [0.05, 0.1) is 17.3 Å². The van der Waals surface area contributed by atoms with E-state index in [2.05, 4.69) is 42.4 Å². The minimum atomic E-state index is -0.382. The Morgan fingerprint density at radius 2 is 1.89 bits per heavy atom. The average Bonchev–Trinajstić information content (AvgIpc) is 2.63. The predicted molar refractivity (Wildman–Crippen MR) is 112 cm³/mol. The van der Waals surface area contributed by atoms with Crippen LogP contribution in [0.3, 0.4) is 0 Å². The van der Waals surface area contributed by atoms with Crippen LogP contribution in [-0.4, -0.2) is 30.4 Å². The first-order chi connectivity index (χ1) is 12.8. The molecule has 1 amide bonds. The molecule has 0 heterocycles. The molecule has 0 aliphatic heterocycles. The zero-order valence-electron chi connectivity index (χ0n) is 15.2. The van der Waals surface area contributed by atoms with Crippen molar-refractivity contribution in [3.05, 3.63) is 49.9 Å². The first-order valence-electron chi connectivity index (χ1n) is 8.19. The second-order valence-corrected chi connectivity index (χ2v) is 7.26. The maximum absolute atomic E-state index is 12.0. The van der Waals surface area contributed by atoms with Gasteiger partial charge < -0.3 is 14.6 Å². The number of phenolic OH excluding ortho intramolecular Hbond substituents is 1. The second-order valence-electron chi connectivity index (χ2n) is 5.68. The van der Waals surface area contributed by atoms with E-state index in [0.717, 1.165) is 11.1 Å². The summed E-state index contributed by atoms with van der Waals surface area (Å²) in [4.78, 5) is 12.0. The number of nitrogens with zero attached hydrogens (tertiary/aromatic N) is 1. The lowest BCUT2D eigenvalue weighted by molar-refractivity contribution is -0.123. The molecule has 8 heteroatoms. The van der Waals surface area contributed by atoms with Crippen molar-refractivity contribution in [2.45, 2.75) is 20.8 Å². The first-order valence-corrected chi connectivity index (χ1v) is 9.78. The van der Waals surface area contributed by atoms with Gasteiger partial charge in [-0.1, -0.05) is 18.2 Å². The Hall–Kier alpha value is -2.06. The fraction of sp³-hybridized carbons (Fsp3) is 0.263. The van der Waals surface area contributed by atoms with Crippen LogP contribution >= 0.6 is 31.9 Å². The SMILES string of the molecule is CCOc1cc(/C=N/NC(=O)COc2c(C)cccc2C)c(Br)c(Br)c1O. The highest BCUT2D eigenvalue weighted by Gasteiger charge is 2.14. The molecule has 0 bridgehead atoms. The maximum atomic E-state index is 12.0. The van der Waals surface area contributed by atoms with Gasteiger partial charge in [-0.15, -0.1) is 0 Å². The molecule has 6 nitrogen and oxygen atoms in total. The number of para-hydroxylation sites is 1. The average molecular weight is 500 g/mol. The number of aromatic hydroxyl groups is 1. The molecule has 2 aromatic rings. The largest absolute Gasteiger partial charge is 0.503 e. The lowest BCUT2D eigenvalue weighted by Gasteiger charge is -2.11. The summed E-state index contributed by atoms with van der Waals surface area (Å²) in [7, 11) is 0. The highest BCUT2D eigenvalue weighted by molar-refractivity contribution is 9.13. The van der Waals surface area contributed by atoms with Crippen molar-refractivity contribution in [2.24, 2.45) is 5.10 Å². The van der Waals surface area contributed by atoms with Crippen molar-refractivity contribution in [1.29, 1.82) is 0 Å².